The fourth-order valence-corrected chi connectivity index (χ4v) is 2.35. The van der Waals surface area contributed by atoms with Gasteiger partial charge in [0, 0.05) is 6.54 Å². The summed E-state index contributed by atoms with van der Waals surface area (Å²) in [5, 5.41) is 4.51. The molecule has 28 heavy (non-hydrogen) atoms. The van der Waals surface area contributed by atoms with Crippen LogP contribution in [0.2, 0.25) is 0 Å². The molecular weight excluding hydrogens is 389 g/mol. The summed E-state index contributed by atoms with van der Waals surface area (Å²) in [6.07, 6.45) is -0.672. The predicted molar refractivity (Wildman–Crippen MR) is 101 cm³/mol. The average Bonchev–Trinajstić information content (AvgIpc) is 2.64. The number of rotatable bonds is 9. The lowest BCUT2D eigenvalue weighted by atomic mass is 10.2. The van der Waals surface area contributed by atoms with E-state index >= 15 is 0 Å². The number of hydrogen-bond donors (Lipinski definition) is 4. The molecule has 0 fully saturated rings. The van der Waals surface area contributed by atoms with E-state index in [4.69, 9.17) is 14.5 Å². The molecule has 3 amide bonds. The van der Waals surface area contributed by atoms with E-state index in [0.717, 1.165) is 12.5 Å². The fourth-order valence-electron chi connectivity index (χ4n) is 2.06. The Balaban J connectivity index is 2.50. The Hall–Kier alpha value is -2.42. The summed E-state index contributed by atoms with van der Waals surface area (Å²) in [5.74, 6) is -2.73. The van der Waals surface area contributed by atoms with Gasteiger partial charge in [-0.05, 0) is 26.3 Å². The summed E-state index contributed by atoms with van der Waals surface area (Å²) in [7, 11) is -4.47. The van der Waals surface area contributed by atoms with E-state index in [1.807, 2.05) is 18.2 Å². The number of likely N-dealkylation sites (N-methyl/N-ethyl adjacent to an activating group) is 1. The Morgan fingerprint density at radius 2 is 1.75 bits per heavy atom. The molecule has 2 atom stereocenters. The molecule has 11 heteroatoms. The second kappa shape index (κ2) is 10.8. The van der Waals surface area contributed by atoms with Gasteiger partial charge in [-0.3, -0.25) is 19.1 Å². The third kappa shape index (κ3) is 8.08. The largest absolute Gasteiger partial charge is 0.445 e. The molecule has 10 nitrogen and oxygen atoms in total. The molecule has 0 saturated carbocycles. The molecule has 0 saturated heterocycles. The SMILES string of the molecule is CCN(CC(=O)N[C@@H](C)C(=O)N[C@@H](C)P(=O)(O)O)C(=O)OCc1ccccc1. The van der Waals surface area contributed by atoms with E-state index in [1.165, 1.54) is 11.8 Å². The van der Waals surface area contributed by atoms with E-state index in [2.05, 4.69) is 10.6 Å². The molecule has 1 aromatic rings. The zero-order valence-corrected chi connectivity index (χ0v) is 16.9. The van der Waals surface area contributed by atoms with Gasteiger partial charge in [0.15, 0.2) is 0 Å². The van der Waals surface area contributed by atoms with Gasteiger partial charge in [-0.2, -0.15) is 0 Å². The van der Waals surface area contributed by atoms with E-state index in [9.17, 15) is 18.9 Å². The lowest BCUT2D eigenvalue weighted by Gasteiger charge is -2.22. The van der Waals surface area contributed by atoms with Gasteiger partial charge in [0.1, 0.15) is 25.0 Å². The van der Waals surface area contributed by atoms with Gasteiger partial charge in [0.05, 0.1) is 0 Å². The van der Waals surface area contributed by atoms with Crippen molar-refractivity contribution >= 4 is 25.5 Å². The number of ether oxygens (including phenoxy) is 1. The minimum atomic E-state index is -4.47. The number of benzene rings is 1. The standard InChI is InChI=1S/C17H26N3O7P/c1-4-20(17(23)27-11-14-8-6-5-7-9-14)10-15(21)18-12(2)16(22)19-13(3)28(24,25)26/h5-9,12-13H,4,10-11H2,1-3H3,(H,18,21)(H,19,22)(H2,24,25,26)/t12-,13+/m0/s1. The molecule has 0 unspecified atom stereocenters. The maximum atomic E-state index is 12.1. The van der Waals surface area contributed by atoms with Gasteiger partial charge in [0.25, 0.3) is 0 Å². The van der Waals surface area contributed by atoms with Gasteiger partial charge in [-0.25, -0.2) is 4.79 Å². The van der Waals surface area contributed by atoms with Crippen LogP contribution in [-0.4, -0.2) is 57.5 Å². The number of carbonyl (C=O) groups excluding carboxylic acids is 3. The van der Waals surface area contributed by atoms with Gasteiger partial charge in [-0.1, -0.05) is 30.3 Å². The number of nitrogens with zero attached hydrogens (tertiary/aromatic N) is 1. The van der Waals surface area contributed by atoms with Crippen LogP contribution < -0.4 is 10.6 Å². The van der Waals surface area contributed by atoms with Crippen LogP contribution in [0.15, 0.2) is 30.3 Å². The van der Waals surface area contributed by atoms with Crippen LogP contribution in [0, 0.1) is 0 Å². The molecule has 0 aliphatic carbocycles. The van der Waals surface area contributed by atoms with Crippen molar-refractivity contribution in [3.63, 3.8) is 0 Å². The summed E-state index contributed by atoms with van der Waals surface area (Å²) in [6.45, 7) is 4.16. The highest BCUT2D eigenvalue weighted by molar-refractivity contribution is 7.52. The average molecular weight is 415 g/mol. The first kappa shape index (κ1) is 23.6. The van der Waals surface area contributed by atoms with Crippen molar-refractivity contribution in [1.29, 1.82) is 0 Å². The highest BCUT2D eigenvalue weighted by atomic mass is 31.2. The van der Waals surface area contributed by atoms with Crippen molar-refractivity contribution in [3.8, 4) is 0 Å². The van der Waals surface area contributed by atoms with E-state index < -0.39 is 37.3 Å². The molecule has 0 aliphatic rings. The molecule has 0 aromatic heterocycles. The van der Waals surface area contributed by atoms with Crippen molar-refractivity contribution in [2.24, 2.45) is 0 Å². The molecule has 156 valence electrons. The summed E-state index contributed by atoms with van der Waals surface area (Å²) in [6, 6.07) is 8.03. The first-order valence-corrected chi connectivity index (χ1v) is 10.3. The van der Waals surface area contributed by atoms with Crippen LogP contribution in [0.25, 0.3) is 0 Å². The Labute approximate surface area is 163 Å². The third-order valence-electron chi connectivity index (χ3n) is 3.81. The fraction of sp³-hybridized carbons (Fsp3) is 0.471. The lowest BCUT2D eigenvalue weighted by Crippen LogP contribution is -2.50. The normalized spacial score (nSPS) is 13.2. The van der Waals surface area contributed by atoms with Crippen LogP contribution in [-0.2, 0) is 25.5 Å². The predicted octanol–water partition coefficient (Wildman–Crippen LogP) is 0.790. The van der Waals surface area contributed by atoms with Gasteiger partial charge in [0.2, 0.25) is 11.8 Å². The Morgan fingerprint density at radius 1 is 1.14 bits per heavy atom. The van der Waals surface area contributed by atoms with Gasteiger partial charge < -0.3 is 25.2 Å². The van der Waals surface area contributed by atoms with Gasteiger partial charge in [-0.15, -0.1) is 0 Å². The van der Waals surface area contributed by atoms with E-state index in [-0.39, 0.29) is 19.7 Å². The topological polar surface area (TPSA) is 145 Å². The molecule has 0 spiro atoms. The zero-order chi connectivity index (χ0) is 21.3. The zero-order valence-electron chi connectivity index (χ0n) is 16.0. The number of carbonyl (C=O) groups is 3. The van der Waals surface area contributed by atoms with Crippen molar-refractivity contribution in [1.82, 2.24) is 15.5 Å². The number of hydrogen-bond acceptors (Lipinski definition) is 5. The molecule has 1 rings (SSSR count). The van der Waals surface area contributed by atoms with Crippen molar-refractivity contribution in [2.75, 3.05) is 13.1 Å². The molecule has 0 aliphatic heterocycles. The summed E-state index contributed by atoms with van der Waals surface area (Å²) in [4.78, 5) is 55.3. The summed E-state index contributed by atoms with van der Waals surface area (Å²) >= 11 is 0. The first-order chi connectivity index (χ1) is 13.0. The first-order valence-electron chi connectivity index (χ1n) is 8.65. The molecular formula is C17H26N3O7P. The Bertz CT molecular complexity index is 723. The molecule has 0 bridgehead atoms. The summed E-state index contributed by atoms with van der Waals surface area (Å²) < 4.78 is 16.2. The lowest BCUT2D eigenvalue weighted by molar-refractivity contribution is -0.129. The van der Waals surface area contributed by atoms with Crippen molar-refractivity contribution in [2.45, 2.75) is 39.2 Å². The van der Waals surface area contributed by atoms with Crippen molar-refractivity contribution in [3.05, 3.63) is 35.9 Å². The number of nitrogens with one attached hydrogen (secondary N) is 2. The Morgan fingerprint density at radius 3 is 2.29 bits per heavy atom. The second-order valence-electron chi connectivity index (χ2n) is 6.12. The molecule has 4 N–H and O–H groups in total. The number of amides is 3. The molecule has 0 radical (unpaired) electrons. The van der Waals surface area contributed by atoms with E-state index in [0.29, 0.717) is 0 Å². The Kier molecular flexibility index (Phi) is 9.11. The molecule has 1 aromatic carbocycles. The van der Waals surface area contributed by atoms with Gasteiger partial charge >= 0.3 is 13.7 Å². The van der Waals surface area contributed by atoms with Crippen LogP contribution in [0.5, 0.6) is 0 Å². The monoisotopic (exact) mass is 415 g/mol. The van der Waals surface area contributed by atoms with E-state index in [1.54, 1.807) is 19.1 Å². The summed E-state index contributed by atoms with van der Waals surface area (Å²) in [5.41, 5.74) is 0.806. The smallest absolute Gasteiger partial charge is 0.410 e. The highest BCUT2D eigenvalue weighted by Gasteiger charge is 2.28. The molecule has 0 heterocycles. The maximum absolute atomic E-state index is 12.1. The van der Waals surface area contributed by atoms with Crippen LogP contribution in [0.3, 0.4) is 0 Å². The minimum Gasteiger partial charge on any atom is -0.445 e. The van der Waals surface area contributed by atoms with Crippen LogP contribution in [0.1, 0.15) is 26.3 Å². The maximum Gasteiger partial charge on any atom is 0.410 e. The second-order valence-corrected chi connectivity index (χ2v) is 8.07. The highest BCUT2D eigenvalue weighted by Crippen LogP contribution is 2.39. The quantitative estimate of drug-likeness (QED) is 0.436. The minimum absolute atomic E-state index is 0.0663. The third-order valence-corrected chi connectivity index (χ3v) is 4.94. The van der Waals surface area contributed by atoms with Crippen LogP contribution in [0.4, 0.5) is 4.79 Å². The van der Waals surface area contributed by atoms with Crippen LogP contribution >= 0.6 is 7.60 Å². The van der Waals surface area contributed by atoms with Crippen molar-refractivity contribution < 1.29 is 33.5 Å².